The van der Waals surface area contributed by atoms with Gasteiger partial charge in [0.2, 0.25) is 5.91 Å². The standard InChI is InChI=1S/C22H23ClN4O/c23-19-9-7-17(8-10-19)15-22(28)27-12-4-11-26(13-14-27)21-16-20(24-25-21)18-5-2-1-3-6-18/h1-3,5-10,16H,4,11-15H2,(H,24,25). The smallest absolute Gasteiger partial charge is 0.227 e. The van der Waals surface area contributed by atoms with Crippen molar-refractivity contribution < 1.29 is 4.79 Å². The fraction of sp³-hybridized carbons (Fsp3) is 0.273. The highest BCUT2D eigenvalue weighted by atomic mass is 35.5. The first kappa shape index (κ1) is 18.6. The van der Waals surface area contributed by atoms with Crippen molar-refractivity contribution >= 4 is 23.3 Å². The first-order chi connectivity index (χ1) is 13.7. The molecule has 0 radical (unpaired) electrons. The van der Waals surface area contributed by atoms with Gasteiger partial charge in [-0.05, 0) is 29.7 Å². The van der Waals surface area contributed by atoms with E-state index in [1.54, 1.807) is 0 Å². The van der Waals surface area contributed by atoms with E-state index in [1.165, 1.54) is 0 Å². The number of anilines is 1. The van der Waals surface area contributed by atoms with Crippen molar-refractivity contribution in [2.45, 2.75) is 12.8 Å². The third-order valence-electron chi connectivity index (χ3n) is 5.09. The Hall–Kier alpha value is -2.79. The van der Waals surface area contributed by atoms with Gasteiger partial charge in [0.05, 0.1) is 12.1 Å². The largest absolute Gasteiger partial charge is 0.353 e. The average molecular weight is 395 g/mol. The Morgan fingerprint density at radius 2 is 1.79 bits per heavy atom. The Morgan fingerprint density at radius 1 is 1.00 bits per heavy atom. The summed E-state index contributed by atoms with van der Waals surface area (Å²) >= 11 is 5.92. The summed E-state index contributed by atoms with van der Waals surface area (Å²) in [5.74, 6) is 1.10. The first-order valence-electron chi connectivity index (χ1n) is 9.57. The minimum atomic E-state index is 0.163. The molecule has 2 heterocycles. The van der Waals surface area contributed by atoms with E-state index in [4.69, 9.17) is 11.6 Å². The van der Waals surface area contributed by atoms with Crippen molar-refractivity contribution in [1.82, 2.24) is 15.1 Å². The molecule has 28 heavy (non-hydrogen) atoms. The number of aromatic amines is 1. The zero-order valence-electron chi connectivity index (χ0n) is 15.6. The van der Waals surface area contributed by atoms with Crippen LogP contribution in [0.5, 0.6) is 0 Å². The number of carbonyl (C=O) groups is 1. The maximum absolute atomic E-state index is 12.7. The van der Waals surface area contributed by atoms with E-state index in [0.717, 1.165) is 48.7 Å². The van der Waals surface area contributed by atoms with E-state index in [1.807, 2.05) is 47.4 Å². The van der Waals surface area contributed by atoms with Crippen LogP contribution in [0.2, 0.25) is 5.02 Å². The third-order valence-corrected chi connectivity index (χ3v) is 5.34. The molecule has 4 rings (SSSR count). The number of nitrogens with zero attached hydrogens (tertiary/aromatic N) is 3. The number of benzene rings is 2. The Bertz CT molecular complexity index is 923. The molecule has 0 aliphatic carbocycles. The van der Waals surface area contributed by atoms with Gasteiger partial charge < -0.3 is 9.80 Å². The van der Waals surface area contributed by atoms with Gasteiger partial charge in [0, 0.05) is 37.3 Å². The lowest BCUT2D eigenvalue weighted by atomic mass is 10.1. The topological polar surface area (TPSA) is 52.2 Å². The number of hydrogen-bond acceptors (Lipinski definition) is 3. The normalized spacial score (nSPS) is 14.8. The number of aromatic nitrogens is 2. The van der Waals surface area contributed by atoms with Crippen LogP contribution in [0, 0.1) is 0 Å². The Labute approximate surface area is 169 Å². The molecule has 6 heteroatoms. The van der Waals surface area contributed by atoms with Gasteiger partial charge in [0.25, 0.3) is 0 Å². The fourth-order valence-electron chi connectivity index (χ4n) is 3.52. The average Bonchev–Trinajstić information content (AvgIpc) is 3.08. The van der Waals surface area contributed by atoms with Crippen LogP contribution in [0.3, 0.4) is 0 Å². The van der Waals surface area contributed by atoms with E-state index in [2.05, 4.69) is 33.3 Å². The number of amides is 1. The SMILES string of the molecule is O=C(Cc1ccc(Cl)cc1)N1CCCN(c2cc(-c3ccccc3)[nH]n2)CC1. The second-order valence-electron chi connectivity index (χ2n) is 7.03. The molecule has 0 bridgehead atoms. The van der Waals surface area contributed by atoms with E-state index in [-0.39, 0.29) is 5.91 Å². The molecule has 1 N–H and O–H groups in total. The van der Waals surface area contributed by atoms with E-state index in [0.29, 0.717) is 18.0 Å². The molecule has 0 spiro atoms. The van der Waals surface area contributed by atoms with Gasteiger partial charge in [-0.25, -0.2) is 0 Å². The zero-order chi connectivity index (χ0) is 19.3. The van der Waals surface area contributed by atoms with Crippen molar-refractivity contribution in [3.8, 4) is 11.3 Å². The second-order valence-corrected chi connectivity index (χ2v) is 7.47. The summed E-state index contributed by atoms with van der Waals surface area (Å²) in [4.78, 5) is 16.9. The molecule has 0 unspecified atom stereocenters. The zero-order valence-corrected chi connectivity index (χ0v) is 16.4. The summed E-state index contributed by atoms with van der Waals surface area (Å²) in [6.45, 7) is 3.16. The van der Waals surface area contributed by atoms with E-state index >= 15 is 0 Å². The summed E-state index contributed by atoms with van der Waals surface area (Å²) in [5, 5.41) is 8.31. The Kier molecular flexibility index (Phi) is 5.63. The van der Waals surface area contributed by atoms with Crippen molar-refractivity contribution in [3.63, 3.8) is 0 Å². The summed E-state index contributed by atoms with van der Waals surface area (Å²) < 4.78 is 0. The lowest BCUT2D eigenvalue weighted by molar-refractivity contribution is -0.130. The number of rotatable bonds is 4. The molecule has 3 aromatic rings. The maximum atomic E-state index is 12.7. The minimum absolute atomic E-state index is 0.163. The van der Waals surface area contributed by atoms with E-state index in [9.17, 15) is 4.79 Å². The molecule has 1 fully saturated rings. The Morgan fingerprint density at radius 3 is 2.57 bits per heavy atom. The van der Waals surface area contributed by atoms with Crippen molar-refractivity contribution in [1.29, 1.82) is 0 Å². The van der Waals surface area contributed by atoms with Gasteiger partial charge in [0.1, 0.15) is 0 Å². The molecular weight excluding hydrogens is 372 g/mol. The molecule has 144 valence electrons. The van der Waals surface area contributed by atoms with Crippen LogP contribution in [-0.4, -0.2) is 47.2 Å². The summed E-state index contributed by atoms with van der Waals surface area (Å²) in [5.41, 5.74) is 3.13. The van der Waals surface area contributed by atoms with Crippen molar-refractivity contribution in [3.05, 3.63) is 71.2 Å². The molecule has 1 amide bonds. The molecule has 1 aliphatic heterocycles. The van der Waals surface area contributed by atoms with Crippen LogP contribution in [0.25, 0.3) is 11.3 Å². The van der Waals surface area contributed by atoms with Gasteiger partial charge in [-0.2, -0.15) is 5.10 Å². The van der Waals surface area contributed by atoms with Gasteiger partial charge in [-0.1, -0.05) is 54.1 Å². The molecule has 1 aliphatic rings. The molecule has 5 nitrogen and oxygen atoms in total. The fourth-order valence-corrected chi connectivity index (χ4v) is 3.65. The number of carbonyl (C=O) groups excluding carboxylic acids is 1. The maximum Gasteiger partial charge on any atom is 0.227 e. The van der Waals surface area contributed by atoms with Gasteiger partial charge in [-0.15, -0.1) is 0 Å². The molecular formula is C22H23ClN4O. The lowest BCUT2D eigenvalue weighted by Crippen LogP contribution is -2.36. The van der Waals surface area contributed by atoms with Gasteiger partial charge in [-0.3, -0.25) is 9.89 Å². The predicted octanol–water partition coefficient (Wildman–Crippen LogP) is 4.01. The highest BCUT2D eigenvalue weighted by Crippen LogP contribution is 2.22. The molecule has 1 saturated heterocycles. The monoisotopic (exact) mass is 394 g/mol. The van der Waals surface area contributed by atoms with Crippen LogP contribution in [-0.2, 0) is 11.2 Å². The Balaban J connectivity index is 1.38. The summed E-state index contributed by atoms with van der Waals surface area (Å²) in [6, 6.07) is 19.8. The van der Waals surface area contributed by atoms with Crippen LogP contribution in [0.15, 0.2) is 60.7 Å². The highest BCUT2D eigenvalue weighted by Gasteiger charge is 2.21. The lowest BCUT2D eigenvalue weighted by Gasteiger charge is -2.22. The number of nitrogens with one attached hydrogen (secondary N) is 1. The third kappa shape index (κ3) is 4.37. The molecule has 0 saturated carbocycles. The van der Waals surface area contributed by atoms with Crippen molar-refractivity contribution in [2.75, 3.05) is 31.1 Å². The summed E-state index contributed by atoms with van der Waals surface area (Å²) in [6.07, 6.45) is 1.34. The van der Waals surface area contributed by atoms with Crippen LogP contribution in [0.1, 0.15) is 12.0 Å². The van der Waals surface area contributed by atoms with Crippen molar-refractivity contribution in [2.24, 2.45) is 0 Å². The van der Waals surface area contributed by atoms with E-state index < -0.39 is 0 Å². The molecule has 0 atom stereocenters. The highest BCUT2D eigenvalue weighted by molar-refractivity contribution is 6.30. The number of halogens is 1. The number of hydrogen-bond donors (Lipinski definition) is 1. The van der Waals surface area contributed by atoms with Crippen LogP contribution < -0.4 is 4.90 Å². The molecule has 2 aromatic carbocycles. The quantitative estimate of drug-likeness (QED) is 0.727. The first-order valence-corrected chi connectivity index (χ1v) is 9.95. The van der Waals surface area contributed by atoms with Crippen LogP contribution in [0.4, 0.5) is 5.82 Å². The van der Waals surface area contributed by atoms with Gasteiger partial charge in [0.15, 0.2) is 5.82 Å². The number of H-pyrrole nitrogens is 1. The predicted molar refractivity (Wildman–Crippen MR) is 113 cm³/mol. The second kappa shape index (κ2) is 8.48. The minimum Gasteiger partial charge on any atom is -0.353 e. The van der Waals surface area contributed by atoms with Crippen LogP contribution >= 0.6 is 11.6 Å². The summed E-state index contributed by atoms with van der Waals surface area (Å²) in [7, 11) is 0. The van der Waals surface area contributed by atoms with Gasteiger partial charge >= 0.3 is 0 Å². The molecule has 1 aromatic heterocycles.